The van der Waals surface area contributed by atoms with E-state index in [0.717, 1.165) is 11.3 Å². The van der Waals surface area contributed by atoms with Gasteiger partial charge in [0.1, 0.15) is 11.2 Å². The Morgan fingerprint density at radius 3 is 2.92 bits per heavy atom. The van der Waals surface area contributed by atoms with Gasteiger partial charge in [0.25, 0.3) is 5.69 Å². The average Bonchev–Trinajstić information content (AvgIpc) is 2.94. The number of carbonyl (C=O) groups is 2. The molecular formula is C15H10N2O7S2. The summed E-state index contributed by atoms with van der Waals surface area (Å²) in [5, 5.41) is 21.1. The van der Waals surface area contributed by atoms with Gasteiger partial charge in [0.05, 0.1) is 16.4 Å². The summed E-state index contributed by atoms with van der Waals surface area (Å²) in [5.74, 6) is -2.46. The van der Waals surface area contributed by atoms with Crippen molar-refractivity contribution in [1.82, 2.24) is 4.98 Å². The molecule has 0 bridgehead atoms. The van der Waals surface area contributed by atoms with E-state index in [1.165, 1.54) is 30.0 Å². The van der Waals surface area contributed by atoms with Gasteiger partial charge in [-0.3, -0.25) is 24.5 Å². The number of nitrogens with one attached hydrogen (secondary N) is 1. The molecule has 0 radical (unpaired) electrons. The van der Waals surface area contributed by atoms with Crippen molar-refractivity contribution in [3.05, 3.63) is 48.4 Å². The van der Waals surface area contributed by atoms with Crippen molar-refractivity contribution in [3.63, 3.8) is 0 Å². The summed E-state index contributed by atoms with van der Waals surface area (Å²) in [7, 11) is 0. The van der Waals surface area contributed by atoms with Crippen molar-refractivity contribution >= 4 is 40.7 Å². The van der Waals surface area contributed by atoms with Crippen LogP contribution >= 0.6 is 23.1 Å². The first-order chi connectivity index (χ1) is 12.3. The molecule has 134 valence electrons. The molecule has 0 saturated carbocycles. The maximum absolute atomic E-state index is 12.8. The van der Waals surface area contributed by atoms with Gasteiger partial charge in [0.2, 0.25) is 0 Å². The van der Waals surface area contributed by atoms with Crippen molar-refractivity contribution in [2.24, 2.45) is 5.41 Å². The molecule has 0 fully saturated rings. The number of fused-ring (bicyclic) bond motifs is 5. The van der Waals surface area contributed by atoms with Gasteiger partial charge in [0, 0.05) is 34.2 Å². The molecule has 2 aromatic rings. The normalized spacial score (nSPS) is 23.4. The van der Waals surface area contributed by atoms with Gasteiger partial charge in [-0.1, -0.05) is 11.3 Å². The Bertz CT molecular complexity index is 1030. The fraction of sp³-hybridized carbons (Fsp3) is 0.267. The molecule has 11 heteroatoms. The van der Waals surface area contributed by atoms with Crippen LogP contribution < -0.4 is 9.61 Å². The molecule has 2 N–H and O–H groups in total. The first-order valence-electron chi connectivity index (χ1n) is 7.40. The zero-order chi connectivity index (χ0) is 18.6. The molecule has 4 rings (SSSR count). The molecular weight excluding hydrogens is 384 g/mol. The molecule has 9 nitrogen and oxygen atoms in total. The van der Waals surface area contributed by atoms with Crippen LogP contribution in [0.1, 0.15) is 22.8 Å². The molecule has 2 atom stereocenters. The Morgan fingerprint density at radius 1 is 1.46 bits per heavy atom. The number of non-ortho nitro benzene ring substituents is 1. The van der Waals surface area contributed by atoms with Gasteiger partial charge < -0.3 is 14.8 Å². The number of nitrogens with zero attached hydrogens (tertiary/aromatic N) is 1. The van der Waals surface area contributed by atoms with Crippen LogP contribution in [0, 0.1) is 15.5 Å². The van der Waals surface area contributed by atoms with Crippen molar-refractivity contribution in [3.8, 4) is 5.75 Å². The van der Waals surface area contributed by atoms with Gasteiger partial charge in [-0.25, -0.2) is 0 Å². The van der Waals surface area contributed by atoms with E-state index in [4.69, 9.17) is 4.74 Å². The van der Waals surface area contributed by atoms with Gasteiger partial charge in [-0.15, -0.1) is 11.8 Å². The van der Waals surface area contributed by atoms with Gasteiger partial charge in [0.15, 0.2) is 0 Å². The summed E-state index contributed by atoms with van der Waals surface area (Å²) in [5.41, 5.74) is -1.29. The van der Waals surface area contributed by atoms with E-state index < -0.39 is 34.6 Å². The van der Waals surface area contributed by atoms with Gasteiger partial charge >= 0.3 is 16.8 Å². The summed E-state index contributed by atoms with van der Waals surface area (Å²) in [4.78, 5) is 49.5. The quantitative estimate of drug-likeness (QED) is 0.348. The lowest BCUT2D eigenvalue weighted by Crippen LogP contribution is -2.48. The minimum absolute atomic E-state index is 0.0879. The van der Waals surface area contributed by atoms with E-state index in [9.17, 15) is 29.6 Å². The minimum Gasteiger partial charge on any atom is -0.481 e. The van der Waals surface area contributed by atoms with Gasteiger partial charge in [-0.05, 0) is 6.07 Å². The molecule has 0 spiro atoms. The van der Waals surface area contributed by atoms with Crippen LogP contribution in [0.2, 0.25) is 0 Å². The van der Waals surface area contributed by atoms with Crippen LogP contribution in [0.5, 0.6) is 5.75 Å². The Hall–Kier alpha value is -2.66. The van der Waals surface area contributed by atoms with E-state index in [1.807, 2.05) is 0 Å². The minimum atomic E-state index is -1.43. The molecule has 1 aromatic heterocycles. The Labute approximate surface area is 153 Å². The molecule has 26 heavy (non-hydrogen) atoms. The highest BCUT2D eigenvalue weighted by atomic mass is 32.2. The van der Waals surface area contributed by atoms with Crippen LogP contribution in [-0.2, 0) is 9.59 Å². The van der Waals surface area contributed by atoms with Crippen molar-refractivity contribution in [2.75, 3.05) is 5.75 Å². The highest BCUT2D eigenvalue weighted by Gasteiger charge is 2.57. The molecule has 0 saturated heterocycles. The lowest BCUT2D eigenvalue weighted by molar-refractivity contribution is -0.385. The van der Waals surface area contributed by atoms with Crippen LogP contribution in [0.25, 0.3) is 0 Å². The number of hydrogen-bond acceptors (Lipinski definition) is 8. The first kappa shape index (κ1) is 16.8. The number of aromatic amines is 1. The number of nitro benzene ring substituents is 1. The molecule has 2 aliphatic rings. The third-order valence-corrected chi connectivity index (χ3v) is 6.87. The second-order valence-electron chi connectivity index (χ2n) is 6.02. The Morgan fingerprint density at radius 2 is 2.23 bits per heavy atom. The SMILES string of the molecule is O=C(O)C[C@@]12CSc3[nH]c(=O)sc3[C@H]1c1cc([N+](=O)[O-])ccc1OC2=O. The maximum atomic E-state index is 12.8. The number of H-pyrrole nitrogens is 1. The van der Waals surface area contributed by atoms with E-state index >= 15 is 0 Å². The number of thioether (sulfide) groups is 1. The largest absolute Gasteiger partial charge is 0.481 e. The van der Waals surface area contributed by atoms with Crippen LogP contribution in [0.4, 0.5) is 5.69 Å². The lowest BCUT2D eigenvalue weighted by Gasteiger charge is -2.43. The summed E-state index contributed by atoms with van der Waals surface area (Å²) in [6.45, 7) is 0. The number of aromatic nitrogens is 1. The average molecular weight is 394 g/mol. The third-order valence-electron chi connectivity index (χ3n) is 4.52. The highest BCUT2D eigenvalue weighted by Crippen LogP contribution is 2.58. The van der Waals surface area contributed by atoms with Crippen molar-refractivity contribution in [1.29, 1.82) is 0 Å². The summed E-state index contributed by atoms with van der Waals surface area (Å²) in [6.07, 6.45) is -0.503. The van der Waals surface area contributed by atoms with Gasteiger partial charge in [-0.2, -0.15) is 0 Å². The molecule has 1 aromatic carbocycles. The number of carbonyl (C=O) groups excluding carboxylic acids is 1. The summed E-state index contributed by atoms with van der Waals surface area (Å²) >= 11 is 2.06. The van der Waals surface area contributed by atoms with Crippen LogP contribution in [-0.4, -0.2) is 32.7 Å². The summed E-state index contributed by atoms with van der Waals surface area (Å²) in [6, 6.07) is 3.83. The number of benzene rings is 1. The number of carboxylic acids is 1. The smallest absolute Gasteiger partial charge is 0.319 e. The second-order valence-corrected chi connectivity index (χ2v) is 8.03. The number of carboxylic acid groups (broad SMARTS) is 1. The van der Waals surface area contributed by atoms with Crippen molar-refractivity contribution < 1.29 is 24.4 Å². The number of thiazole rings is 1. The zero-order valence-corrected chi connectivity index (χ0v) is 14.5. The predicted molar refractivity (Wildman–Crippen MR) is 90.9 cm³/mol. The maximum Gasteiger partial charge on any atom is 0.319 e. The number of esters is 1. The van der Waals surface area contributed by atoms with E-state index in [1.54, 1.807) is 0 Å². The lowest BCUT2D eigenvalue weighted by atomic mass is 9.68. The molecule has 0 aliphatic carbocycles. The number of rotatable bonds is 3. The fourth-order valence-electron chi connectivity index (χ4n) is 3.44. The van der Waals surface area contributed by atoms with E-state index in [2.05, 4.69) is 4.98 Å². The number of ether oxygens (including phenoxy) is 1. The molecule has 3 heterocycles. The third kappa shape index (κ3) is 2.35. The monoisotopic (exact) mass is 394 g/mol. The van der Waals surface area contributed by atoms with Crippen molar-refractivity contribution in [2.45, 2.75) is 17.4 Å². The molecule has 0 amide bonds. The van der Waals surface area contributed by atoms with E-state index in [0.29, 0.717) is 15.5 Å². The number of aliphatic carboxylic acids is 1. The highest BCUT2D eigenvalue weighted by molar-refractivity contribution is 7.99. The predicted octanol–water partition coefficient (Wildman–Crippen LogP) is 1.96. The topological polar surface area (TPSA) is 140 Å². The second kappa shape index (κ2) is 5.68. The summed E-state index contributed by atoms with van der Waals surface area (Å²) < 4.78 is 5.34. The number of nitro groups is 1. The fourth-order valence-corrected chi connectivity index (χ4v) is 5.99. The van der Waals surface area contributed by atoms with Crippen LogP contribution in [0.3, 0.4) is 0 Å². The molecule has 0 unspecified atom stereocenters. The first-order valence-corrected chi connectivity index (χ1v) is 9.20. The zero-order valence-electron chi connectivity index (χ0n) is 12.9. The molecule has 2 aliphatic heterocycles. The Balaban J connectivity index is 2.01. The van der Waals surface area contributed by atoms with E-state index in [-0.39, 0.29) is 22.1 Å². The van der Waals surface area contributed by atoms with Crippen LogP contribution in [0.15, 0.2) is 28.0 Å². The Kier molecular flexibility index (Phi) is 3.66. The number of hydrogen-bond donors (Lipinski definition) is 2. The standard InChI is InChI=1S/C15H10N2O7S2/c18-9(19)4-15-5-25-12-11(26-14(21)16-12)10(15)7-3-6(17(22)23)1-2-8(7)24-13(15)20/h1-3,10H,4-5H2,(H,16,21)(H,18,19)/t10-,15-/m1/s1.